The van der Waals surface area contributed by atoms with Crippen molar-refractivity contribution in [1.29, 1.82) is 0 Å². The SMILES string of the molecule is C=C1Nc2ccc(C(=O)N3CCc4c(C(=O)OC)cccc43)cc2N1. The molecule has 1 amide bonds. The van der Waals surface area contributed by atoms with E-state index in [1.165, 1.54) is 7.11 Å². The molecule has 0 saturated carbocycles. The molecular weight excluding hydrogens is 318 g/mol. The lowest BCUT2D eigenvalue weighted by Gasteiger charge is -2.18. The van der Waals surface area contributed by atoms with E-state index in [9.17, 15) is 9.59 Å². The maximum atomic E-state index is 13.0. The number of benzene rings is 2. The lowest BCUT2D eigenvalue weighted by molar-refractivity contribution is 0.0599. The van der Waals surface area contributed by atoms with Crippen molar-refractivity contribution in [3.8, 4) is 0 Å². The lowest BCUT2D eigenvalue weighted by atomic mass is 10.1. The molecule has 0 bridgehead atoms. The Morgan fingerprint density at radius 3 is 2.76 bits per heavy atom. The first-order valence-corrected chi connectivity index (χ1v) is 7.97. The Kier molecular flexibility index (Phi) is 3.46. The van der Waals surface area contributed by atoms with Gasteiger partial charge in [0.25, 0.3) is 5.91 Å². The molecule has 25 heavy (non-hydrogen) atoms. The summed E-state index contributed by atoms with van der Waals surface area (Å²) in [6.45, 7) is 4.36. The first kappa shape index (κ1) is 15.3. The molecule has 2 aromatic carbocycles. The summed E-state index contributed by atoms with van der Waals surface area (Å²) in [7, 11) is 1.36. The van der Waals surface area contributed by atoms with Crippen LogP contribution in [0.2, 0.25) is 0 Å². The fourth-order valence-corrected chi connectivity index (χ4v) is 3.35. The van der Waals surface area contributed by atoms with Gasteiger partial charge in [0, 0.05) is 17.8 Å². The van der Waals surface area contributed by atoms with Crippen LogP contribution in [0.1, 0.15) is 26.3 Å². The molecule has 2 aliphatic heterocycles. The molecule has 0 unspecified atom stereocenters. The molecule has 2 heterocycles. The van der Waals surface area contributed by atoms with E-state index in [-0.39, 0.29) is 11.9 Å². The predicted octanol–water partition coefficient (Wildman–Crippen LogP) is 2.98. The van der Waals surface area contributed by atoms with Crippen LogP contribution < -0.4 is 15.5 Å². The van der Waals surface area contributed by atoms with E-state index in [2.05, 4.69) is 17.2 Å². The summed E-state index contributed by atoms with van der Waals surface area (Å²) in [5.74, 6) is 0.217. The van der Waals surface area contributed by atoms with Crippen molar-refractivity contribution in [2.45, 2.75) is 6.42 Å². The van der Waals surface area contributed by atoms with Gasteiger partial charge in [-0.3, -0.25) is 4.79 Å². The fraction of sp³-hybridized carbons (Fsp3) is 0.158. The van der Waals surface area contributed by atoms with Gasteiger partial charge in [0.15, 0.2) is 0 Å². The molecule has 126 valence electrons. The number of nitrogens with zero attached hydrogens (tertiary/aromatic N) is 1. The number of carbonyl (C=O) groups is 2. The van der Waals surface area contributed by atoms with Crippen molar-refractivity contribution in [2.75, 3.05) is 29.2 Å². The maximum Gasteiger partial charge on any atom is 0.338 e. The second-order valence-electron chi connectivity index (χ2n) is 5.99. The van der Waals surface area contributed by atoms with Crippen LogP contribution in [0.5, 0.6) is 0 Å². The first-order valence-electron chi connectivity index (χ1n) is 7.97. The number of nitrogens with one attached hydrogen (secondary N) is 2. The third kappa shape index (κ3) is 2.42. The van der Waals surface area contributed by atoms with Gasteiger partial charge in [-0.2, -0.15) is 0 Å². The van der Waals surface area contributed by atoms with E-state index in [4.69, 9.17) is 4.74 Å². The zero-order chi connectivity index (χ0) is 17.6. The van der Waals surface area contributed by atoms with Crippen LogP contribution in [0, 0.1) is 0 Å². The van der Waals surface area contributed by atoms with Gasteiger partial charge < -0.3 is 20.3 Å². The highest BCUT2D eigenvalue weighted by Gasteiger charge is 2.29. The van der Waals surface area contributed by atoms with Gasteiger partial charge in [-0.25, -0.2) is 4.79 Å². The zero-order valence-electron chi connectivity index (χ0n) is 13.8. The summed E-state index contributed by atoms with van der Waals surface area (Å²) in [4.78, 5) is 26.6. The molecule has 0 fully saturated rings. The van der Waals surface area contributed by atoms with Crippen molar-refractivity contribution in [3.63, 3.8) is 0 Å². The van der Waals surface area contributed by atoms with Gasteiger partial charge in [0.1, 0.15) is 5.82 Å². The minimum atomic E-state index is -0.377. The number of ether oxygens (including phenoxy) is 1. The standard InChI is InChI=1S/C19H17N3O3/c1-11-20-15-7-6-12(10-16(15)21-11)18(23)22-9-8-13-14(19(24)25-2)4-3-5-17(13)22/h3-7,10,20-21H,1,8-9H2,2H3. The fourth-order valence-electron chi connectivity index (χ4n) is 3.35. The lowest BCUT2D eigenvalue weighted by Crippen LogP contribution is -2.28. The van der Waals surface area contributed by atoms with Crippen molar-refractivity contribution in [1.82, 2.24) is 0 Å². The van der Waals surface area contributed by atoms with Gasteiger partial charge in [0.2, 0.25) is 0 Å². The monoisotopic (exact) mass is 335 g/mol. The third-order valence-electron chi connectivity index (χ3n) is 4.52. The second-order valence-corrected chi connectivity index (χ2v) is 5.99. The summed E-state index contributed by atoms with van der Waals surface area (Å²) in [5.41, 5.74) is 4.46. The third-order valence-corrected chi connectivity index (χ3v) is 4.52. The molecule has 0 aliphatic carbocycles. The Labute approximate surface area is 145 Å². The summed E-state index contributed by atoms with van der Waals surface area (Å²) in [6, 6.07) is 10.8. The van der Waals surface area contributed by atoms with E-state index >= 15 is 0 Å². The maximum absolute atomic E-state index is 13.0. The minimum absolute atomic E-state index is 0.0946. The molecule has 0 aromatic heterocycles. The van der Waals surface area contributed by atoms with Crippen molar-refractivity contribution < 1.29 is 14.3 Å². The number of fused-ring (bicyclic) bond motifs is 2. The molecule has 6 nitrogen and oxygen atoms in total. The van der Waals surface area contributed by atoms with Crippen molar-refractivity contribution >= 4 is 28.9 Å². The summed E-state index contributed by atoms with van der Waals surface area (Å²) in [5, 5.41) is 6.19. The Hall–Kier alpha value is -3.28. The highest BCUT2D eigenvalue weighted by molar-refractivity contribution is 6.09. The Balaban J connectivity index is 1.67. The molecule has 6 heteroatoms. The highest BCUT2D eigenvalue weighted by Crippen LogP contribution is 2.34. The zero-order valence-corrected chi connectivity index (χ0v) is 13.8. The summed E-state index contributed by atoms with van der Waals surface area (Å²) in [6.07, 6.45) is 0.633. The van der Waals surface area contributed by atoms with Gasteiger partial charge in [0.05, 0.1) is 24.0 Å². The molecule has 2 aliphatic rings. The number of carbonyl (C=O) groups excluding carboxylic acids is 2. The number of rotatable bonds is 2. The molecular formula is C19H17N3O3. The topological polar surface area (TPSA) is 70.7 Å². The van der Waals surface area contributed by atoms with Crippen LogP contribution in [-0.2, 0) is 11.2 Å². The molecule has 2 N–H and O–H groups in total. The second kappa shape index (κ2) is 5.66. The van der Waals surface area contributed by atoms with Crippen LogP contribution in [0.3, 0.4) is 0 Å². The molecule has 2 aromatic rings. The number of methoxy groups -OCH3 is 1. The van der Waals surface area contributed by atoms with E-state index in [0.29, 0.717) is 29.9 Å². The smallest absolute Gasteiger partial charge is 0.338 e. The van der Waals surface area contributed by atoms with Crippen LogP contribution >= 0.6 is 0 Å². The number of esters is 1. The van der Waals surface area contributed by atoms with Crippen molar-refractivity contribution in [3.05, 3.63) is 65.5 Å². The van der Waals surface area contributed by atoms with Gasteiger partial charge in [-0.15, -0.1) is 0 Å². The van der Waals surface area contributed by atoms with E-state index in [1.54, 1.807) is 23.1 Å². The Morgan fingerprint density at radius 2 is 1.96 bits per heavy atom. The normalized spacial score (nSPS) is 14.4. The number of hydrogen-bond acceptors (Lipinski definition) is 5. The largest absolute Gasteiger partial charge is 0.465 e. The van der Waals surface area contributed by atoms with Crippen LogP contribution in [0.4, 0.5) is 17.1 Å². The van der Waals surface area contributed by atoms with E-state index < -0.39 is 0 Å². The first-order chi connectivity index (χ1) is 12.1. The average molecular weight is 335 g/mol. The number of hydrogen-bond donors (Lipinski definition) is 2. The number of amides is 1. The Bertz CT molecular complexity index is 920. The molecule has 4 rings (SSSR count). The average Bonchev–Trinajstić information content (AvgIpc) is 3.21. The van der Waals surface area contributed by atoms with E-state index in [1.807, 2.05) is 18.2 Å². The van der Waals surface area contributed by atoms with E-state index in [0.717, 1.165) is 22.6 Å². The van der Waals surface area contributed by atoms with Gasteiger partial charge >= 0.3 is 5.97 Å². The van der Waals surface area contributed by atoms with Gasteiger partial charge in [-0.05, 0) is 42.3 Å². The van der Waals surface area contributed by atoms with Crippen molar-refractivity contribution in [2.24, 2.45) is 0 Å². The molecule has 0 saturated heterocycles. The quantitative estimate of drug-likeness (QED) is 0.826. The highest BCUT2D eigenvalue weighted by atomic mass is 16.5. The van der Waals surface area contributed by atoms with Crippen LogP contribution in [-0.4, -0.2) is 25.5 Å². The summed E-state index contributed by atoms with van der Waals surface area (Å²) < 4.78 is 4.84. The number of anilines is 3. The predicted molar refractivity (Wildman–Crippen MR) is 96.0 cm³/mol. The minimum Gasteiger partial charge on any atom is -0.465 e. The summed E-state index contributed by atoms with van der Waals surface area (Å²) >= 11 is 0. The molecule has 0 spiro atoms. The Morgan fingerprint density at radius 1 is 1.16 bits per heavy atom. The van der Waals surface area contributed by atoms with Crippen LogP contribution in [0.15, 0.2) is 48.8 Å². The molecule has 0 atom stereocenters. The van der Waals surface area contributed by atoms with Gasteiger partial charge in [-0.1, -0.05) is 12.6 Å². The van der Waals surface area contributed by atoms with Crippen LogP contribution in [0.25, 0.3) is 0 Å². The molecule has 0 radical (unpaired) electrons.